The normalized spacial score (nSPS) is 10.2. The summed E-state index contributed by atoms with van der Waals surface area (Å²) in [5.41, 5.74) is 0.771. The van der Waals surface area contributed by atoms with Crippen LogP contribution in [-0.2, 0) is 0 Å². The van der Waals surface area contributed by atoms with Gasteiger partial charge in [-0.2, -0.15) is 5.26 Å². The second-order valence-electron chi connectivity index (χ2n) is 3.84. The van der Waals surface area contributed by atoms with E-state index in [4.69, 9.17) is 5.26 Å². The van der Waals surface area contributed by atoms with Crippen molar-refractivity contribution in [1.29, 1.82) is 5.26 Å². The summed E-state index contributed by atoms with van der Waals surface area (Å²) in [4.78, 5) is 0. The summed E-state index contributed by atoms with van der Waals surface area (Å²) in [6.07, 6.45) is 0. The van der Waals surface area contributed by atoms with E-state index in [0.29, 0.717) is 23.8 Å². The SMILES string of the molecule is CC(C)NCCNc1ccc(C#N)cc1F. The van der Waals surface area contributed by atoms with Crippen LogP contribution in [0.2, 0.25) is 0 Å². The molecule has 0 atom stereocenters. The van der Waals surface area contributed by atoms with Gasteiger partial charge in [-0.3, -0.25) is 0 Å². The smallest absolute Gasteiger partial charge is 0.147 e. The maximum atomic E-state index is 13.4. The molecular formula is C12H16FN3. The Morgan fingerprint density at radius 2 is 2.12 bits per heavy atom. The fourth-order valence-corrected chi connectivity index (χ4v) is 1.29. The van der Waals surface area contributed by atoms with Crippen LogP contribution < -0.4 is 10.6 Å². The standard InChI is InChI=1S/C12H16FN3/c1-9(2)15-5-6-16-12-4-3-10(8-14)7-11(12)13/h3-4,7,9,15-16H,5-6H2,1-2H3. The Morgan fingerprint density at radius 3 is 2.69 bits per heavy atom. The number of nitrogens with one attached hydrogen (secondary N) is 2. The molecule has 0 fully saturated rings. The molecule has 0 bridgehead atoms. The predicted octanol–water partition coefficient (Wildman–Crippen LogP) is 2.11. The minimum absolute atomic E-state index is 0.336. The molecule has 4 heteroatoms. The highest BCUT2D eigenvalue weighted by atomic mass is 19.1. The summed E-state index contributed by atoms with van der Waals surface area (Å²) in [7, 11) is 0. The molecule has 86 valence electrons. The minimum atomic E-state index is -0.386. The van der Waals surface area contributed by atoms with E-state index >= 15 is 0 Å². The second kappa shape index (κ2) is 6.09. The first-order valence-corrected chi connectivity index (χ1v) is 5.30. The molecule has 1 aromatic rings. The summed E-state index contributed by atoms with van der Waals surface area (Å²) in [5, 5.41) is 14.8. The molecule has 0 aliphatic rings. The van der Waals surface area contributed by atoms with Gasteiger partial charge < -0.3 is 10.6 Å². The van der Waals surface area contributed by atoms with Crippen molar-refractivity contribution in [2.45, 2.75) is 19.9 Å². The van der Waals surface area contributed by atoms with Gasteiger partial charge in [0, 0.05) is 19.1 Å². The third-order valence-corrected chi connectivity index (χ3v) is 2.09. The Bertz CT molecular complexity index is 382. The van der Waals surface area contributed by atoms with Crippen LogP contribution in [0.4, 0.5) is 10.1 Å². The summed E-state index contributed by atoms with van der Waals surface area (Å²) < 4.78 is 13.4. The monoisotopic (exact) mass is 221 g/mol. The number of nitriles is 1. The Labute approximate surface area is 95.3 Å². The van der Waals surface area contributed by atoms with Crippen molar-refractivity contribution >= 4 is 5.69 Å². The maximum Gasteiger partial charge on any atom is 0.147 e. The number of hydrogen-bond acceptors (Lipinski definition) is 3. The highest BCUT2D eigenvalue weighted by Gasteiger charge is 2.02. The van der Waals surface area contributed by atoms with Crippen molar-refractivity contribution in [1.82, 2.24) is 5.32 Å². The van der Waals surface area contributed by atoms with Gasteiger partial charge in [-0.25, -0.2) is 4.39 Å². The van der Waals surface area contributed by atoms with Gasteiger partial charge in [0.25, 0.3) is 0 Å². The molecule has 0 spiro atoms. The van der Waals surface area contributed by atoms with Crippen LogP contribution in [0.15, 0.2) is 18.2 Å². The van der Waals surface area contributed by atoms with Gasteiger partial charge in [0.05, 0.1) is 17.3 Å². The first-order valence-electron chi connectivity index (χ1n) is 5.30. The molecular weight excluding hydrogens is 205 g/mol. The fourth-order valence-electron chi connectivity index (χ4n) is 1.29. The lowest BCUT2D eigenvalue weighted by Gasteiger charge is -2.10. The van der Waals surface area contributed by atoms with Gasteiger partial charge in [-0.05, 0) is 18.2 Å². The zero-order valence-corrected chi connectivity index (χ0v) is 9.55. The van der Waals surface area contributed by atoms with Crippen LogP contribution in [0.5, 0.6) is 0 Å². The molecule has 1 rings (SSSR count). The van der Waals surface area contributed by atoms with E-state index in [1.807, 2.05) is 6.07 Å². The quantitative estimate of drug-likeness (QED) is 0.749. The van der Waals surface area contributed by atoms with Crippen molar-refractivity contribution in [2.75, 3.05) is 18.4 Å². The number of nitrogens with zero attached hydrogens (tertiary/aromatic N) is 1. The lowest BCUT2D eigenvalue weighted by atomic mass is 10.2. The summed E-state index contributed by atoms with van der Waals surface area (Å²) in [6.45, 7) is 5.54. The van der Waals surface area contributed by atoms with Gasteiger partial charge in [0.1, 0.15) is 5.82 Å². The lowest BCUT2D eigenvalue weighted by molar-refractivity contribution is 0.598. The molecule has 0 saturated carbocycles. The van der Waals surface area contributed by atoms with Gasteiger partial charge in [-0.15, -0.1) is 0 Å². The molecule has 0 saturated heterocycles. The van der Waals surface area contributed by atoms with Crippen molar-refractivity contribution in [3.8, 4) is 6.07 Å². The third-order valence-electron chi connectivity index (χ3n) is 2.09. The van der Waals surface area contributed by atoms with Crippen molar-refractivity contribution < 1.29 is 4.39 Å². The Hall–Kier alpha value is -1.60. The molecule has 0 unspecified atom stereocenters. The van der Waals surface area contributed by atoms with Gasteiger partial charge in [-0.1, -0.05) is 13.8 Å². The molecule has 0 aliphatic carbocycles. The van der Waals surface area contributed by atoms with Gasteiger partial charge in [0.15, 0.2) is 0 Å². The molecule has 0 aromatic heterocycles. The van der Waals surface area contributed by atoms with Crippen LogP contribution >= 0.6 is 0 Å². The molecule has 16 heavy (non-hydrogen) atoms. The minimum Gasteiger partial charge on any atom is -0.381 e. The first kappa shape index (κ1) is 12.5. The number of halogens is 1. The second-order valence-corrected chi connectivity index (χ2v) is 3.84. The van der Waals surface area contributed by atoms with E-state index in [1.165, 1.54) is 6.07 Å². The fraction of sp³-hybridized carbons (Fsp3) is 0.417. The van der Waals surface area contributed by atoms with Crippen molar-refractivity contribution in [2.24, 2.45) is 0 Å². The molecule has 1 aromatic carbocycles. The summed E-state index contributed by atoms with van der Waals surface area (Å²) >= 11 is 0. The maximum absolute atomic E-state index is 13.4. The van der Waals surface area contributed by atoms with Gasteiger partial charge >= 0.3 is 0 Å². The summed E-state index contributed by atoms with van der Waals surface area (Å²) in [5.74, 6) is -0.386. The highest BCUT2D eigenvalue weighted by molar-refractivity contribution is 5.48. The summed E-state index contributed by atoms with van der Waals surface area (Å²) in [6, 6.07) is 6.74. The molecule has 0 heterocycles. The predicted molar refractivity (Wildman–Crippen MR) is 62.7 cm³/mol. The number of benzene rings is 1. The average Bonchev–Trinajstić information content (AvgIpc) is 2.25. The Balaban J connectivity index is 2.46. The first-order chi connectivity index (χ1) is 7.63. The Morgan fingerprint density at radius 1 is 1.38 bits per heavy atom. The van der Waals surface area contributed by atoms with Crippen LogP contribution in [0.3, 0.4) is 0 Å². The zero-order chi connectivity index (χ0) is 12.0. The molecule has 0 amide bonds. The molecule has 2 N–H and O–H groups in total. The number of rotatable bonds is 5. The topological polar surface area (TPSA) is 47.8 Å². The van der Waals surface area contributed by atoms with E-state index < -0.39 is 0 Å². The Kier molecular flexibility index (Phi) is 4.74. The number of anilines is 1. The van der Waals surface area contributed by atoms with Crippen molar-refractivity contribution in [3.05, 3.63) is 29.6 Å². The lowest BCUT2D eigenvalue weighted by Crippen LogP contribution is -2.28. The average molecular weight is 221 g/mol. The van der Waals surface area contributed by atoms with E-state index in [-0.39, 0.29) is 5.82 Å². The van der Waals surface area contributed by atoms with Crippen LogP contribution in [0.25, 0.3) is 0 Å². The molecule has 0 aliphatic heterocycles. The van der Waals surface area contributed by atoms with Gasteiger partial charge in [0.2, 0.25) is 0 Å². The van der Waals surface area contributed by atoms with Crippen molar-refractivity contribution in [3.63, 3.8) is 0 Å². The van der Waals surface area contributed by atoms with Crippen LogP contribution in [-0.4, -0.2) is 19.1 Å². The highest BCUT2D eigenvalue weighted by Crippen LogP contribution is 2.14. The van der Waals surface area contributed by atoms with E-state index in [0.717, 1.165) is 6.54 Å². The van der Waals surface area contributed by atoms with E-state index in [1.54, 1.807) is 12.1 Å². The van der Waals surface area contributed by atoms with Crippen LogP contribution in [0.1, 0.15) is 19.4 Å². The largest absolute Gasteiger partial charge is 0.381 e. The van der Waals surface area contributed by atoms with E-state index in [9.17, 15) is 4.39 Å². The molecule has 0 radical (unpaired) electrons. The van der Waals surface area contributed by atoms with E-state index in [2.05, 4.69) is 24.5 Å². The van der Waals surface area contributed by atoms with Crippen LogP contribution in [0, 0.1) is 17.1 Å². The molecule has 3 nitrogen and oxygen atoms in total. The number of hydrogen-bond donors (Lipinski definition) is 2. The zero-order valence-electron chi connectivity index (χ0n) is 9.55. The third kappa shape index (κ3) is 3.87.